The van der Waals surface area contributed by atoms with Gasteiger partial charge in [0.2, 0.25) is 0 Å². The molecule has 3 nitrogen and oxygen atoms in total. The van der Waals surface area contributed by atoms with Gasteiger partial charge in [-0.15, -0.1) is 0 Å². The van der Waals surface area contributed by atoms with Gasteiger partial charge >= 0.3 is 0 Å². The second kappa shape index (κ2) is 9.96. The predicted octanol–water partition coefficient (Wildman–Crippen LogP) is 2.08. The standard InChI is InChI=1S/C10H23NO2/c1-4-5-6-7-8-11(9-12-2)10-13-3/h4-10H2,1-3H3. The zero-order chi connectivity index (χ0) is 9.94. The van der Waals surface area contributed by atoms with Gasteiger partial charge in [-0.25, -0.2) is 0 Å². The first-order valence-electron chi connectivity index (χ1n) is 5.05. The number of nitrogens with zero attached hydrogens (tertiary/aromatic N) is 1. The van der Waals surface area contributed by atoms with Gasteiger partial charge in [0.1, 0.15) is 13.5 Å². The summed E-state index contributed by atoms with van der Waals surface area (Å²) in [5.74, 6) is 0. The molecule has 0 bridgehead atoms. The molecule has 0 amide bonds. The SMILES string of the molecule is CCCCCCN(COC)COC. The fraction of sp³-hybridized carbons (Fsp3) is 1.00. The summed E-state index contributed by atoms with van der Waals surface area (Å²) in [4.78, 5) is 2.16. The molecule has 0 aliphatic heterocycles. The molecule has 13 heavy (non-hydrogen) atoms. The van der Waals surface area contributed by atoms with E-state index in [1.165, 1.54) is 25.7 Å². The molecule has 0 spiro atoms. The van der Waals surface area contributed by atoms with Gasteiger partial charge in [-0.05, 0) is 6.42 Å². The summed E-state index contributed by atoms with van der Waals surface area (Å²) in [7, 11) is 3.43. The number of hydrogen-bond acceptors (Lipinski definition) is 3. The second-order valence-electron chi connectivity index (χ2n) is 3.29. The zero-order valence-electron chi connectivity index (χ0n) is 9.21. The van der Waals surface area contributed by atoms with Crippen molar-refractivity contribution in [2.24, 2.45) is 0 Å². The number of rotatable bonds is 9. The van der Waals surface area contributed by atoms with Gasteiger partial charge in [-0.3, -0.25) is 4.90 Å². The third-order valence-electron chi connectivity index (χ3n) is 1.95. The highest BCUT2D eigenvalue weighted by Crippen LogP contribution is 2.01. The molecule has 0 radical (unpaired) electrons. The van der Waals surface area contributed by atoms with Crippen LogP contribution in [0.3, 0.4) is 0 Å². The first kappa shape index (κ1) is 12.9. The molecule has 0 saturated carbocycles. The van der Waals surface area contributed by atoms with Crippen molar-refractivity contribution in [3.05, 3.63) is 0 Å². The van der Waals surface area contributed by atoms with Crippen LogP contribution in [0.4, 0.5) is 0 Å². The van der Waals surface area contributed by atoms with Crippen LogP contribution in [0.15, 0.2) is 0 Å². The van der Waals surface area contributed by atoms with Gasteiger partial charge in [0, 0.05) is 20.8 Å². The minimum Gasteiger partial charge on any atom is -0.369 e. The zero-order valence-corrected chi connectivity index (χ0v) is 9.21. The average Bonchev–Trinajstić information content (AvgIpc) is 2.13. The maximum absolute atomic E-state index is 5.06. The van der Waals surface area contributed by atoms with Crippen molar-refractivity contribution < 1.29 is 9.47 Å². The molecule has 0 aromatic heterocycles. The van der Waals surface area contributed by atoms with E-state index >= 15 is 0 Å². The summed E-state index contributed by atoms with van der Waals surface area (Å²) in [6.07, 6.45) is 5.16. The van der Waals surface area contributed by atoms with Crippen molar-refractivity contribution in [1.29, 1.82) is 0 Å². The molecule has 0 aromatic carbocycles. The molecule has 0 heterocycles. The molecule has 0 unspecified atom stereocenters. The Balaban J connectivity index is 3.33. The smallest absolute Gasteiger partial charge is 0.100 e. The van der Waals surface area contributed by atoms with E-state index in [1.54, 1.807) is 14.2 Å². The Morgan fingerprint density at radius 1 is 0.923 bits per heavy atom. The Kier molecular flexibility index (Phi) is 9.87. The van der Waals surface area contributed by atoms with E-state index in [4.69, 9.17) is 9.47 Å². The third-order valence-corrected chi connectivity index (χ3v) is 1.95. The lowest BCUT2D eigenvalue weighted by molar-refractivity contribution is -0.0140. The maximum Gasteiger partial charge on any atom is 0.100 e. The van der Waals surface area contributed by atoms with Crippen molar-refractivity contribution in [1.82, 2.24) is 4.90 Å². The third kappa shape index (κ3) is 8.22. The van der Waals surface area contributed by atoms with E-state index in [-0.39, 0.29) is 0 Å². The fourth-order valence-corrected chi connectivity index (χ4v) is 1.29. The Bertz CT molecular complexity index is 92.9. The van der Waals surface area contributed by atoms with Crippen LogP contribution < -0.4 is 0 Å². The van der Waals surface area contributed by atoms with Crippen molar-refractivity contribution in [2.45, 2.75) is 32.6 Å². The van der Waals surface area contributed by atoms with Crippen molar-refractivity contribution >= 4 is 0 Å². The quantitative estimate of drug-likeness (QED) is 0.409. The van der Waals surface area contributed by atoms with Crippen LogP contribution in [0, 0.1) is 0 Å². The first-order chi connectivity index (χ1) is 6.35. The Morgan fingerprint density at radius 3 is 2.00 bits per heavy atom. The number of hydrogen-bond donors (Lipinski definition) is 0. The Morgan fingerprint density at radius 2 is 1.54 bits per heavy atom. The average molecular weight is 189 g/mol. The molecular formula is C10H23NO2. The molecule has 0 aromatic rings. The molecule has 0 N–H and O–H groups in total. The van der Waals surface area contributed by atoms with Crippen LogP contribution >= 0.6 is 0 Å². The summed E-state index contributed by atoms with van der Waals surface area (Å²) in [5, 5.41) is 0. The normalized spacial score (nSPS) is 11.1. The van der Waals surface area contributed by atoms with E-state index in [0.29, 0.717) is 13.5 Å². The molecule has 80 valence electrons. The lowest BCUT2D eigenvalue weighted by atomic mass is 10.2. The predicted molar refractivity (Wildman–Crippen MR) is 54.6 cm³/mol. The molecule has 0 fully saturated rings. The molecule has 3 heteroatoms. The van der Waals surface area contributed by atoms with Crippen LogP contribution in [0.5, 0.6) is 0 Å². The van der Waals surface area contributed by atoms with E-state index in [9.17, 15) is 0 Å². The summed E-state index contributed by atoms with van der Waals surface area (Å²) in [6, 6.07) is 0. The first-order valence-corrected chi connectivity index (χ1v) is 5.05. The molecule has 0 saturated heterocycles. The van der Waals surface area contributed by atoms with Crippen LogP contribution in [0.2, 0.25) is 0 Å². The highest BCUT2D eigenvalue weighted by molar-refractivity contribution is 4.48. The van der Waals surface area contributed by atoms with Crippen LogP contribution in [0.1, 0.15) is 32.6 Å². The lowest BCUT2D eigenvalue weighted by Crippen LogP contribution is -2.29. The summed E-state index contributed by atoms with van der Waals surface area (Å²) < 4.78 is 10.1. The number of unbranched alkanes of at least 4 members (excludes halogenated alkanes) is 3. The van der Waals surface area contributed by atoms with Crippen molar-refractivity contribution in [2.75, 3.05) is 34.2 Å². The van der Waals surface area contributed by atoms with Crippen molar-refractivity contribution in [3.63, 3.8) is 0 Å². The fourth-order valence-electron chi connectivity index (χ4n) is 1.29. The van der Waals surface area contributed by atoms with Gasteiger partial charge < -0.3 is 9.47 Å². The Hall–Kier alpha value is -0.120. The van der Waals surface area contributed by atoms with Gasteiger partial charge in [0.05, 0.1) is 0 Å². The maximum atomic E-state index is 5.06. The van der Waals surface area contributed by atoms with E-state index < -0.39 is 0 Å². The topological polar surface area (TPSA) is 21.7 Å². The van der Waals surface area contributed by atoms with Gasteiger partial charge in [0.15, 0.2) is 0 Å². The van der Waals surface area contributed by atoms with Crippen LogP contribution in [-0.2, 0) is 9.47 Å². The van der Waals surface area contributed by atoms with Gasteiger partial charge in [0.25, 0.3) is 0 Å². The summed E-state index contributed by atoms with van der Waals surface area (Å²) in [6.45, 7) is 4.63. The molecule has 0 rings (SSSR count). The van der Waals surface area contributed by atoms with Crippen molar-refractivity contribution in [3.8, 4) is 0 Å². The number of ether oxygens (including phenoxy) is 2. The molecule has 0 aliphatic rings. The summed E-state index contributed by atoms with van der Waals surface area (Å²) in [5.41, 5.74) is 0. The highest BCUT2D eigenvalue weighted by Gasteiger charge is 2.01. The molecule has 0 aliphatic carbocycles. The second-order valence-corrected chi connectivity index (χ2v) is 3.29. The molecular weight excluding hydrogens is 166 g/mol. The minimum absolute atomic E-state index is 0.667. The monoisotopic (exact) mass is 189 g/mol. The summed E-state index contributed by atoms with van der Waals surface area (Å²) >= 11 is 0. The van der Waals surface area contributed by atoms with E-state index in [2.05, 4.69) is 11.8 Å². The van der Waals surface area contributed by atoms with Crippen LogP contribution in [-0.4, -0.2) is 39.1 Å². The lowest BCUT2D eigenvalue weighted by Gasteiger charge is -2.19. The highest BCUT2D eigenvalue weighted by atomic mass is 16.5. The van der Waals surface area contributed by atoms with Crippen LogP contribution in [0.25, 0.3) is 0 Å². The minimum atomic E-state index is 0.667. The van der Waals surface area contributed by atoms with Gasteiger partial charge in [-0.1, -0.05) is 26.2 Å². The largest absolute Gasteiger partial charge is 0.369 e. The number of methoxy groups -OCH3 is 2. The molecule has 0 atom stereocenters. The Labute approximate surface area is 82.0 Å². The van der Waals surface area contributed by atoms with Gasteiger partial charge in [-0.2, -0.15) is 0 Å². The van der Waals surface area contributed by atoms with E-state index in [0.717, 1.165) is 6.54 Å². The van der Waals surface area contributed by atoms with E-state index in [1.807, 2.05) is 0 Å².